The first kappa shape index (κ1) is 17.3. The number of hydrogen-bond acceptors (Lipinski definition) is 4. The molecule has 0 saturated carbocycles. The largest absolute Gasteiger partial charge is 0.695 e. The molecule has 1 atom stereocenters. The van der Waals surface area contributed by atoms with Crippen LogP contribution >= 0.6 is 24.2 Å². The van der Waals surface area contributed by atoms with Gasteiger partial charge in [0.25, 0.3) is 10.0 Å². The van der Waals surface area contributed by atoms with Crippen molar-refractivity contribution in [3.63, 3.8) is 0 Å². The average Bonchev–Trinajstić information content (AvgIpc) is 2.92. The molecule has 1 heterocycles. The minimum atomic E-state index is -3.88. The quantitative estimate of drug-likeness (QED) is 0.624. The van der Waals surface area contributed by atoms with Gasteiger partial charge in [-0.25, -0.2) is 12.4 Å². The molecule has 0 amide bonds. The van der Waals surface area contributed by atoms with Crippen molar-refractivity contribution in [3.8, 4) is 0 Å². The lowest BCUT2D eigenvalue weighted by Gasteiger charge is -2.10. The van der Waals surface area contributed by atoms with E-state index in [-0.39, 0.29) is 17.2 Å². The Hall–Kier alpha value is -1.57. The zero-order valence-electron chi connectivity index (χ0n) is 12.2. The molecule has 2 aromatic carbocycles. The monoisotopic (exact) mass is 428 g/mol. The second kappa shape index (κ2) is 6.74. The van der Waals surface area contributed by atoms with Gasteiger partial charge in [-0.15, -0.1) is 9.42 Å². The fourth-order valence-electron chi connectivity index (χ4n) is 2.41. The first-order valence-corrected chi connectivity index (χ1v) is 10.2. The Labute approximate surface area is 147 Å². The molecule has 24 heavy (non-hydrogen) atoms. The third kappa shape index (κ3) is 3.29. The summed E-state index contributed by atoms with van der Waals surface area (Å²) in [4.78, 5) is 8.99. The van der Waals surface area contributed by atoms with Crippen LogP contribution in [0.25, 0.3) is 10.9 Å². The zero-order chi connectivity index (χ0) is 17.3. The molecule has 0 aliphatic rings. The Kier molecular flexibility index (Phi) is 4.85. The van der Waals surface area contributed by atoms with Gasteiger partial charge < -0.3 is 0 Å². The van der Waals surface area contributed by atoms with E-state index in [4.69, 9.17) is 9.42 Å². The van der Waals surface area contributed by atoms with E-state index in [1.807, 2.05) is 0 Å². The molecule has 3 aromatic rings. The lowest BCUT2D eigenvalue weighted by molar-refractivity contribution is 0.268. The van der Waals surface area contributed by atoms with Crippen molar-refractivity contribution >= 4 is 45.1 Å². The summed E-state index contributed by atoms with van der Waals surface area (Å²) in [5, 5.41) is 0.685. The highest BCUT2D eigenvalue weighted by molar-refractivity contribution is 9.10. The summed E-state index contributed by atoms with van der Waals surface area (Å²) in [6.07, 6.45) is 0. The summed E-state index contributed by atoms with van der Waals surface area (Å²) in [5.74, 6) is 0. The highest BCUT2D eigenvalue weighted by Crippen LogP contribution is 2.30. The first-order chi connectivity index (χ1) is 11.4. The van der Waals surface area contributed by atoms with Crippen LogP contribution in [0.1, 0.15) is 5.69 Å². The van der Waals surface area contributed by atoms with Crippen molar-refractivity contribution in [2.24, 2.45) is 0 Å². The van der Waals surface area contributed by atoms with Crippen LogP contribution in [-0.2, 0) is 25.7 Å². The highest BCUT2D eigenvalue weighted by atomic mass is 79.9. The second-order valence-electron chi connectivity index (χ2n) is 4.93. The molecule has 1 N–H and O–H groups in total. The summed E-state index contributed by atoms with van der Waals surface area (Å²) in [6.45, 7) is -0.302. The van der Waals surface area contributed by atoms with E-state index in [0.29, 0.717) is 10.9 Å². The maximum atomic E-state index is 13.0. The Balaban J connectivity index is 2.25. The average molecular weight is 429 g/mol. The Morgan fingerprint density at radius 3 is 2.50 bits per heavy atom. The molecule has 0 aliphatic carbocycles. The van der Waals surface area contributed by atoms with Crippen molar-refractivity contribution in [1.29, 1.82) is 0 Å². The van der Waals surface area contributed by atoms with Crippen LogP contribution in [0.5, 0.6) is 0 Å². The highest BCUT2D eigenvalue weighted by Gasteiger charge is 2.25. The van der Waals surface area contributed by atoms with Crippen LogP contribution in [0.2, 0.25) is 0 Å². The smallest absolute Gasteiger partial charge is 0.235 e. The van der Waals surface area contributed by atoms with Gasteiger partial charge >= 0.3 is 8.25 Å². The molecule has 9 heteroatoms. The summed E-state index contributed by atoms with van der Waals surface area (Å²) >= 11 is 3.33. The number of nitrogens with zero attached hydrogens (tertiary/aromatic N) is 1. The zero-order valence-corrected chi connectivity index (χ0v) is 15.5. The topological polar surface area (TPSA) is 85.6 Å². The molecular weight excluding hydrogens is 417 g/mol. The first-order valence-electron chi connectivity index (χ1n) is 6.79. The predicted octanol–water partition coefficient (Wildman–Crippen LogP) is 3.81. The predicted molar refractivity (Wildman–Crippen MR) is 93.3 cm³/mol. The Bertz CT molecular complexity index is 1020. The maximum Gasteiger partial charge on any atom is 0.695 e. The Morgan fingerprint density at radius 2 is 1.83 bits per heavy atom. The summed E-state index contributed by atoms with van der Waals surface area (Å²) in [7, 11) is -6.71. The van der Waals surface area contributed by atoms with Crippen molar-refractivity contribution in [2.45, 2.75) is 11.5 Å². The van der Waals surface area contributed by atoms with Crippen LogP contribution in [-0.4, -0.2) is 17.3 Å². The number of fused-ring (bicyclic) bond motifs is 1. The molecule has 0 aliphatic heterocycles. The van der Waals surface area contributed by atoms with Crippen LogP contribution in [0.15, 0.2) is 64.0 Å². The van der Waals surface area contributed by atoms with Gasteiger partial charge in [0.05, 0.1) is 16.1 Å². The van der Waals surface area contributed by atoms with E-state index in [1.54, 1.807) is 42.5 Å². The summed E-state index contributed by atoms with van der Waals surface area (Å²) in [5.41, 5.74) is 0.726. The SMILES string of the molecule is O=[P+](O)OCc1cc2ccc(Br)cc2n1S(=O)(=O)c1ccccc1. The van der Waals surface area contributed by atoms with E-state index in [1.165, 1.54) is 12.1 Å². The lowest BCUT2D eigenvalue weighted by Crippen LogP contribution is -2.15. The van der Waals surface area contributed by atoms with E-state index in [2.05, 4.69) is 15.9 Å². The van der Waals surface area contributed by atoms with Crippen LogP contribution in [0.3, 0.4) is 0 Å². The van der Waals surface area contributed by atoms with Gasteiger partial charge in [0.1, 0.15) is 6.61 Å². The van der Waals surface area contributed by atoms with Gasteiger partial charge in [0.2, 0.25) is 0 Å². The molecule has 0 fully saturated rings. The van der Waals surface area contributed by atoms with Gasteiger partial charge in [-0.05, 0) is 30.3 Å². The van der Waals surface area contributed by atoms with Gasteiger partial charge in [-0.2, -0.15) is 0 Å². The normalized spacial score (nSPS) is 12.5. The van der Waals surface area contributed by atoms with Crippen molar-refractivity contribution in [1.82, 2.24) is 3.97 Å². The van der Waals surface area contributed by atoms with Gasteiger partial charge in [-0.1, -0.05) is 40.2 Å². The summed E-state index contributed by atoms with van der Waals surface area (Å²) < 4.78 is 43.5. The molecule has 3 rings (SSSR count). The number of rotatable bonds is 5. The van der Waals surface area contributed by atoms with Crippen molar-refractivity contribution < 1.29 is 22.4 Å². The van der Waals surface area contributed by atoms with Crippen LogP contribution in [0, 0.1) is 0 Å². The second-order valence-corrected chi connectivity index (χ2v) is 8.37. The minimum absolute atomic E-state index is 0.122. The fraction of sp³-hybridized carbons (Fsp3) is 0.0667. The molecule has 1 aromatic heterocycles. The van der Waals surface area contributed by atoms with E-state index in [0.717, 1.165) is 8.45 Å². The minimum Gasteiger partial charge on any atom is -0.235 e. The standard InChI is InChI=1S/C15H11BrNO5PS/c16-12-7-6-11-8-13(10-22-23(18)19)17(15(11)9-12)24(20,21)14-4-2-1-3-5-14/h1-9H,10H2/p+1. The lowest BCUT2D eigenvalue weighted by atomic mass is 10.2. The van der Waals surface area contributed by atoms with Crippen molar-refractivity contribution in [2.75, 3.05) is 0 Å². The van der Waals surface area contributed by atoms with Gasteiger partial charge in [-0.3, -0.25) is 0 Å². The van der Waals surface area contributed by atoms with Crippen LogP contribution in [0.4, 0.5) is 0 Å². The summed E-state index contributed by atoms with van der Waals surface area (Å²) in [6, 6.07) is 14.8. The van der Waals surface area contributed by atoms with Crippen LogP contribution < -0.4 is 0 Å². The third-order valence-corrected chi connectivity index (χ3v) is 6.02. The molecule has 0 spiro atoms. The number of hydrogen-bond donors (Lipinski definition) is 1. The molecule has 6 nitrogen and oxygen atoms in total. The van der Waals surface area contributed by atoms with Crippen molar-refractivity contribution in [3.05, 3.63) is 64.8 Å². The van der Waals surface area contributed by atoms with Gasteiger partial charge in [0.15, 0.2) is 0 Å². The number of aromatic nitrogens is 1. The third-order valence-electron chi connectivity index (χ3n) is 3.40. The number of halogens is 1. The molecule has 0 bridgehead atoms. The molecule has 124 valence electrons. The molecular formula is C15H12BrNO5PS+. The molecule has 0 radical (unpaired) electrons. The molecule has 1 unspecified atom stereocenters. The maximum absolute atomic E-state index is 13.0. The van der Waals surface area contributed by atoms with E-state index >= 15 is 0 Å². The Morgan fingerprint density at radius 1 is 1.12 bits per heavy atom. The molecule has 0 saturated heterocycles. The van der Waals surface area contributed by atoms with E-state index in [9.17, 15) is 13.0 Å². The van der Waals surface area contributed by atoms with Gasteiger partial charge in [0, 0.05) is 14.4 Å². The number of benzene rings is 2. The fourth-order valence-corrected chi connectivity index (χ4v) is 4.55. The van der Waals surface area contributed by atoms with E-state index < -0.39 is 18.3 Å².